The van der Waals surface area contributed by atoms with E-state index in [1.54, 1.807) is 12.1 Å². The van der Waals surface area contributed by atoms with Crippen LogP contribution in [0.4, 0.5) is 11.5 Å². The summed E-state index contributed by atoms with van der Waals surface area (Å²) in [6, 6.07) is 17.3. The summed E-state index contributed by atoms with van der Waals surface area (Å²) in [6.45, 7) is 4.01. The second-order valence-electron chi connectivity index (χ2n) is 7.59. The van der Waals surface area contributed by atoms with Gasteiger partial charge in [-0.3, -0.25) is 4.79 Å². The van der Waals surface area contributed by atoms with Gasteiger partial charge in [0.2, 0.25) is 0 Å². The van der Waals surface area contributed by atoms with Crippen molar-refractivity contribution in [3.63, 3.8) is 0 Å². The Labute approximate surface area is 180 Å². The first-order chi connectivity index (χ1) is 14.9. The lowest BCUT2D eigenvalue weighted by atomic mass is 10.1. The molecular formula is C24H22N6O. The largest absolute Gasteiger partial charge is 0.378 e. The Kier molecular flexibility index (Phi) is 5.14. The predicted molar refractivity (Wildman–Crippen MR) is 122 cm³/mol. The summed E-state index contributed by atoms with van der Waals surface area (Å²) >= 11 is 0. The lowest BCUT2D eigenvalue weighted by molar-refractivity contribution is 0.102. The van der Waals surface area contributed by atoms with Gasteiger partial charge < -0.3 is 10.2 Å². The summed E-state index contributed by atoms with van der Waals surface area (Å²) in [6.07, 6.45) is 1.43. The molecule has 31 heavy (non-hydrogen) atoms. The van der Waals surface area contributed by atoms with Gasteiger partial charge in [-0.1, -0.05) is 18.2 Å². The van der Waals surface area contributed by atoms with Crippen LogP contribution in [0, 0.1) is 25.2 Å². The predicted octanol–water partition coefficient (Wildman–Crippen LogP) is 4.23. The fraction of sp³-hybridized carbons (Fsp3) is 0.167. The lowest BCUT2D eigenvalue weighted by Crippen LogP contribution is -2.17. The Hall–Kier alpha value is -4.18. The Morgan fingerprint density at radius 3 is 2.52 bits per heavy atom. The molecule has 4 aromatic rings. The number of hydrogen-bond acceptors (Lipinski definition) is 5. The average molecular weight is 410 g/mol. The Bertz CT molecular complexity index is 1330. The number of anilines is 2. The molecule has 0 aliphatic rings. The minimum Gasteiger partial charge on any atom is -0.378 e. The number of nitrogens with one attached hydrogen (secondary N) is 1. The van der Waals surface area contributed by atoms with Crippen LogP contribution in [0.5, 0.6) is 0 Å². The van der Waals surface area contributed by atoms with Gasteiger partial charge in [0, 0.05) is 30.7 Å². The molecule has 0 fully saturated rings. The van der Waals surface area contributed by atoms with Gasteiger partial charge in [0.05, 0.1) is 11.7 Å². The summed E-state index contributed by atoms with van der Waals surface area (Å²) in [5.74, 6) is 0.514. The van der Waals surface area contributed by atoms with Crippen molar-refractivity contribution in [1.29, 1.82) is 5.26 Å². The number of nitrogens with zero attached hydrogens (tertiary/aromatic N) is 5. The smallest absolute Gasteiger partial charge is 0.256 e. The Balaban J connectivity index is 1.75. The van der Waals surface area contributed by atoms with Crippen LogP contribution in [-0.4, -0.2) is 34.8 Å². The molecule has 4 rings (SSSR count). The van der Waals surface area contributed by atoms with E-state index in [4.69, 9.17) is 4.98 Å². The molecule has 7 heteroatoms. The molecule has 154 valence electrons. The highest BCUT2D eigenvalue weighted by Gasteiger charge is 2.18. The summed E-state index contributed by atoms with van der Waals surface area (Å²) in [5.41, 5.74) is 4.69. The van der Waals surface area contributed by atoms with Crippen molar-refractivity contribution < 1.29 is 4.79 Å². The number of rotatable bonds is 4. The third-order valence-electron chi connectivity index (χ3n) is 5.22. The van der Waals surface area contributed by atoms with E-state index < -0.39 is 0 Å². The van der Waals surface area contributed by atoms with Crippen molar-refractivity contribution in [3.8, 4) is 11.9 Å². The molecular weight excluding hydrogens is 388 g/mol. The average Bonchev–Trinajstić information content (AvgIpc) is 3.17. The maximum absolute atomic E-state index is 12.9. The quantitative estimate of drug-likeness (QED) is 0.544. The second-order valence-corrected chi connectivity index (χ2v) is 7.59. The van der Waals surface area contributed by atoms with Crippen molar-refractivity contribution >= 4 is 28.3 Å². The highest BCUT2D eigenvalue weighted by atomic mass is 16.1. The standard InChI is InChI=1S/C24H22N6O/c1-15-6-5-7-20-16(2)12-21(27-22(15)20)30-23(18(13-25)14-26-30)28-24(31)17-8-10-19(11-9-17)29(3)4/h5-12,14H,1-4H3,(H,28,31). The molecule has 0 radical (unpaired) electrons. The molecule has 2 aromatic carbocycles. The maximum Gasteiger partial charge on any atom is 0.256 e. The molecule has 0 spiro atoms. The van der Waals surface area contributed by atoms with Crippen LogP contribution < -0.4 is 10.2 Å². The summed E-state index contributed by atoms with van der Waals surface area (Å²) in [5, 5.41) is 17.8. The minimum absolute atomic E-state index is 0.266. The van der Waals surface area contributed by atoms with Gasteiger partial charge in [0.25, 0.3) is 5.91 Å². The maximum atomic E-state index is 12.9. The van der Waals surface area contributed by atoms with Crippen molar-refractivity contribution in [2.75, 3.05) is 24.3 Å². The molecule has 0 aliphatic heterocycles. The first-order valence-electron chi connectivity index (χ1n) is 9.83. The van der Waals surface area contributed by atoms with Crippen molar-refractivity contribution in [2.45, 2.75) is 13.8 Å². The van der Waals surface area contributed by atoms with Crippen LogP contribution in [0.1, 0.15) is 27.0 Å². The van der Waals surface area contributed by atoms with Gasteiger partial charge in [-0.15, -0.1) is 0 Å². The van der Waals surface area contributed by atoms with Crippen molar-refractivity contribution in [1.82, 2.24) is 14.8 Å². The van der Waals surface area contributed by atoms with Crippen LogP contribution in [0.25, 0.3) is 16.7 Å². The molecule has 0 bridgehead atoms. The monoisotopic (exact) mass is 410 g/mol. The van der Waals surface area contributed by atoms with Crippen LogP contribution in [0.3, 0.4) is 0 Å². The third kappa shape index (κ3) is 3.71. The molecule has 2 heterocycles. The fourth-order valence-electron chi connectivity index (χ4n) is 3.47. The van der Waals surface area contributed by atoms with Crippen LogP contribution >= 0.6 is 0 Å². The van der Waals surface area contributed by atoms with E-state index in [0.717, 1.165) is 27.7 Å². The zero-order chi connectivity index (χ0) is 22.1. The molecule has 1 amide bonds. The lowest BCUT2D eigenvalue weighted by Gasteiger charge is -2.14. The number of hydrogen-bond donors (Lipinski definition) is 1. The van der Waals surface area contributed by atoms with Gasteiger partial charge in [0.1, 0.15) is 11.6 Å². The Morgan fingerprint density at radius 1 is 1.10 bits per heavy atom. The third-order valence-corrected chi connectivity index (χ3v) is 5.22. The first-order valence-corrected chi connectivity index (χ1v) is 9.83. The number of carbonyl (C=O) groups is 1. The molecule has 7 nitrogen and oxygen atoms in total. The van der Waals surface area contributed by atoms with Crippen LogP contribution in [-0.2, 0) is 0 Å². The molecule has 0 saturated carbocycles. The van der Waals surface area contributed by atoms with Gasteiger partial charge in [0.15, 0.2) is 11.6 Å². The summed E-state index contributed by atoms with van der Waals surface area (Å²) in [4.78, 5) is 19.6. The molecule has 0 unspecified atom stereocenters. The number of benzene rings is 2. The van der Waals surface area contributed by atoms with E-state index in [0.29, 0.717) is 17.2 Å². The van der Waals surface area contributed by atoms with Crippen LogP contribution in [0.2, 0.25) is 0 Å². The Morgan fingerprint density at radius 2 is 1.84 bits per heavy atom. The van der Waals surface area contributed by atoms with E-state index in [-0.39, 0.29) is 11.5 Å². The molecule has 0 saturated heterocycles. The van der Waals surface area contributed by atoms with Gasteiger partial charge in [-0.05, 0) is 55.3 Å². The fourth-order valence-corrected chi connectivity index (χ4v) is 3.47. The van der Waals surface area contributed by atoms with Gasteiger partial charge >= 0.3 is 0 Å². The zero-order valence-electron chi connectivity index (χ0n) is 17.8. The zero-order valence-corrected chi connectivity index (χ0v) is 17.8. The second kappa shape index (κ2) is 7.92. The molecule has 2 aromatic heterocycles. The van der Waals surface area contributed by atoms with E-state index in [2.05, 4.69) is 16.5 Å². The SMILES string of the molecule is Cc1cc(-n2ncc(C#N)c2NC(=O)c2ccc(N(C)C)cc2)nc2c(C)cccc12. The number of amides is 1. The number of para-hydroxylation sites is 1. The molecule has 1 N–H and O–H groups in total. The van der Waals surface area contributed by atoms with Crippen molar-refractivity contribution in [3.05, 3.63) is 77.0 Å². The topological polar surface area (TPSA) is 86.8 Å². The number of carbonyl (C=O) groups excluding carboxylic acids is 1. The summed E-state index contributed by atoms with van der Waals surface area (Å²) in [7, 11) is 3.88. The number of fused-ring (bicyclic) bond motifs is 1. The van der Waals surface area contributed by atoms with Crippen LogP contribution in [0.15, 0.2) is 54.7 Å². The first kappa shape index (κ1) is 20.1. The molecule has 0 atom stereocenters. The number of aromatic nitrogens is 3. The highest BCUT2D eigenvalue weighted by molar-refractivity contribution is 6.04. The van der Waals surface area contributed by atoms with Gasteiger partial charge in [-0.25, -0.2) is 4.98 Å². The van der Waals surface area contributed by atoms with Crippen molar-refractivity contribution in [2.24, 2.45) is 0 Å². The molecule has 0 aliphatic carbocycles. The summed E-state index contributed by atoms with van der Waals surface area (Å²) < 4.78 is 1.50. The van der Waals surface area contributed by atoms with E-state index in [9.17, 15) is 10.1 Å². The van der Waals surface area contributed by atoms with E-state index >= 15 is 0 Å². The number of nitriles is 1. The van der Waals surface area contributed by atoms with E-state index in [1.165, 1.54) is 10.9 Å². The van der Waals surface area contributed by atoms with Gasteiger partial charge in [-0.2, -0.15) is 15.0 Å². The minimum atomic E-state index is -0.322. The number of aryl methyl sites for hydroxylation is 2. The van der Waals surface area contributed by atoms with E-state index in [1.807, 2.05) is 69.2 Å². The highest BCUT2D eigenvalue weighted by Crippen LogP contribution is 2.25. The number of pyridine rings is 1. The normalized spacial score (nSPS) is 10.7.